The highest BCUT2D eigenvalue weighted by Gasteiger charge is 2.05. The zero-order valence-electron chi connectivity index (χ0n) is 13.8. The fourth-order valence-corrected chi connectivity index (χ4v) is 2.67. The van der Waals surface area contributed by atoms with Gasteiger partial charge in [0.15, 0.2) is 5.11 Å². The number of thiocarbonyl (C=S) groups is 1. The van der Waals surface area contributed by atoms with Gasteiger partial charge in [-0.1, -0.05) is 0 Å². The van der Waals surface area contributed by atoms with E-state index in [1.54, 1.807) is 0 Å². The Balaban J connectivity index is 1.66. The quantitative estimate of drug-likeness (QED) is 0.554. The molecule has 23 heavy (non-hydrogen) atoms. The third-order valence-electron chi connectivity index (χ3n) is 3.55. The van der Waals surface area contributed by atoms with Gasteiger partial charge < -0.3 is 10.6 Å². The molecule has 0 aliphatic heterocycles. The minimum Gasteiger partial charge on any atom is -0.363 e. The molecule has 2 rings (SSSR count). The molecule has 0 atom stereocenters. The molecule has 0 aliphatic carbocycles. The van der Waals surface area contributed by atoms with E-state index in [4.69, 9.17) is 12.2 Å². The molecule has 2 N–H and O–H groups in total. The lowest BCUT2D eigenvalue weighted by atomic mass is 10.3. The van der Waals surface area contributed by atoms with Crippen molar-refractivity contribution >= 4 is 33.3 Å². The first-order valence-corrected chi connectivity index (χ1v) is 8.94. The van der Waals surface area contributed by atoms with Crippen LogP contribution in [0.1, 0.15) is 30.3 Å². The fraction of sp³-hybridized carbons (Fsp3) is 0.533. The summed E-state index contributed by atoms with van der Waals surface area (Å²) in [5, 5.41) is 16.0. The van der Waals surface area contributed by atoms with Crippen LogP contribution in [0.4, 0.5) is 0 Å². The number of aromatic nitrogens is 4. The fourth-order valence-electron chi connectivity index (χ4n) is 2.18. The molecule has 0 saturated heterocycles. The summed E-state index contributed by atoms with van der Waals surface area (Å²) in [5.41, 5.74) is 3.23. The van der Waals surface area contributed by atoms with E-state index in [0.717, 1.165) is 41.9 Å². The van der Waals surface area contributed by atoms with Crippen molar-refractivity contribution in [1.82, 2.24) is 30.2 Å². The van der Waals surface area contributed by atoms with Gasteiger partial charge >= 0.3 is 0 Å². The highest BCUT2D eigenvalue weighted by Crippen LogP contribution is 2.13. The van der Waals surface area contributed by atoms with Gasteiger partial charge in [-0.2, -0.15) is 10.2 Å². The summed E-state index contributed by atoms with van der Waals surface area (Å²) >= 11 is 8.77. The highest BCUT2D eigenvalue weighted by atomic mass is 79.9. The zero-order valence-corrected chi connectivity index (χ0v) is 16.2. The number of halogens is 1. The second-order valence-electron chi connectivity index (χ2n) is 5.38. The first-order chi connectivity index (χ1) is 11.0. The maximum atomic E-state index is 5.31. The predicted octanol–water partition coefficient (Wildman–Crippen LogP) is 2.53. The van der Waals surface area contributed by atoms with Crippen LogP contribution in [0.15, 0.2) is 16.9 Å². The maximum absolute atomic E-state index is 5.31. The van der Waals surface area contributed by atoms with Crippen molar-refractivity contribution in [3.05, 3.63) is 33.8 Å². The molecular weight excluding hydrogens is 376 g/mol. The molecule has 2 aromatic rings. The number of nitrogens with zero attached hydrogens (tertiary/aromatic N) is 4. The lowest BCUT2D eigenvalue weighted by molar-refractivity contribution is 0.568. The molecule has 126 valence electrons. The van der Waals surface area contributed by atoms with Crippen LogP contribution in [0.25, 0.3) is 0 Å². The monoisotopic (exact) mass is 398 g/mol. The van der Waals surface area contributed by atoms with Crippen LogP contribution in [-0.4, -0.2) is 31.2 Å². The first-order valence-electron chi connectivity index (χ1n) is 7.73. The number of hydrogen-bond donors (Lipinski definition) is 2. The second-order valence-corrected chi connectivity index (χ2v) is 6.65. The summed E-state index contributed by atoms with van der Waals surface area (Å²) < 4.78 is 4.93. The maximum Gasteiger partial charge on any atom is 0.166 e. The number of rotatable bonds is 7. The van der Waals surface area contributed by atoms with E-state index in [1.807, 2.05) is 29.4 Å². The topological polar surface area (TPSA) is 59.7 Å². The molecular formula is C15H23BrN6S. The van der Waals surface area contributed by atoms with E-state index >= 15 is 0 Å². The van der Waals surface area contributed by atoms with Gasteiger partial charge in [0.05, 0.1) is 15.9 Å². The van der Waals surface area contributed by atoms with Crippen molar-refractivity contribution in [3.63, 3.8) is 0 Å². The molecule has 2 heterocycles. The second kappa shape index (κ2) is 8.44. The number of nitrogens with one attached hydrogen (secondary N) is 2. The molecule has 0 bridgehead atoms. The number of hydrogen-bond acceptors (Lipinski definition) is 3. The van der Waals surface area contributed by atoms with Crippen molar-refractivity contribution in [1.29, 1.82) is 0 Å². The van der Waals surface area contributed by atoms with Crippen molar-refractivity contribution in [3.8, 4) is 0 Å². The van der Waals surface area contributed by atoms with Crippen molar-refractivity contribution in [2.24, 2.45) is 0 Å². The zero-order chi connectivity index (χ0) is 16.8. The largest absolute Gasteiger partial charge is 0.363 e. The summed E-state index contributed by atoms with van der Waals surface area (Å²) in [4.78, 5) is 0. The van der Waals surface area contributed by atoms with E-state index in [-0.39, 0.29) is 0 Å². The Kier molecular flexibility index (Phi) is 6.59. The van der Waals surface area contributed by atoms with Gasteiger partial charge in [0.2, 0.25) is 0 Å². The Morgan fingerprint density at radius 3 is 2.52 bits per heavy atom. The highest BCUT2D eigenvalue weighted by molar-refractivity contribution is 9.10. The van der Waals surface area contributed by atoms with Crippen LogP contribution in [-0.2, 0) is 19.6 Å². The van der Waals surface area contributed by atoms with E-state index in [1.165, 1.54) is 5.56 Å². The third-order valence-corrected chi connectivity index (χ3v) is 4.61. The standard InChI is InChI=1S/C15H23BrN6S/c1-4-21-9-13(11(2)19-21)8-18-15(23)17-6-5-7-22-10-14(16)12(3)20-22/h9-10H,4-8H2,1-3H3,(H2,17,18,23). The van der Waals surface area contributed by atoms with E-state index < -0.39 is 0 Å². The van der Waals surface area contributed by atoms with Crippen LogP contribution in [0.2, 0.25) is 0 Å². The van der Waals surface area contributed by atoms with Crippen molar-refractivity contribution in [2.45, 2.75) is 46.8 Å². The molecule has 8 heteroatoms. The Morgan fingerprint density at radius 2 is 1.91 bits per heavy atom. The minimum absolute atomic E-state index is 0.673. The molecule has 0 spiro atoms. The lowest BCUT2D eigenvalue weighted by Crippen LogP contribution is -2.35. The Bertz CT molecular complexity index is 643. The van der Waals surface area contributed by atoms with Crippen LogP contribution in [0, 0.1) is 13.8 Å². The summed E-state index contributed by atoms with van der Waals surface area (Å²) in [6.45, 7) is 9.34. The van der Waals surface area contributed by atoms with Gasteiger partial charge in [0.1, 0.15) is 0 Å². The van der Waals surface area contributed by atoms with Crippen molar-refractivity contribution < 1.29 is 0 Å². The molecule has 0 amide bonds. The van der Waals surface area contributed by atoms with Gasteiger partial charge in [-0.25, -0.2) is 0 Å². The van der Waals surface area contributed by atoms with Crippen molar-refractivity contribution in [2.75, 3.05) is 6.54 Å². The minimum atomic E-state index is 0.673. The SMILES string of the molecule is CCn1cc(CNC(=S)NCCCn2cc(Br)c(C)n2)c(C)n1. The van der Waals surface area contributed by atoms with E-state index in [2.05, 4.69) is 49.9 Å². The summed E-state index contributed by atoms with van der Waals surface area (Å²) in [7, 11) is 0. The van der Waals surface area contributed by atoms with Gasteiger partial charge in [-0.15, -0.1) is 0 Å². The van der Waals surface area contributed by atoms with Crippen LogP contribution in [0.5, 0.6) is 0 Å². The summed E-state index contributed by atoms with van der Waals surface area (Å²) in [6, 6.07) is 0. The molecule has 0 unspecified atom stereocenters. The molecule has 0 saturated carbocycles. The van der Waals surface area contributed by atoms with Crippen LogP contribution in [0.3, 0.4) is 0 Å². The van der Waals surface area contributed by atoms with E-state index in [0.29, 0.717) is 11.7 Å². The number of aryl methyl sites for hydroxylation is 4. The molecule has 2 aromatic heterocycles. The van der Waals surface area contributed by atoms with Crippen LogP contribution < -0.4 is 10.6 Å². The van der Waals surface area contributed by atoms with Gasteiger partial charge in [0, 0.05) is 44.1 Å². The van der Waals surface area contributed by atoms with E-state index in [9.17, 15) is 0 Å². The summed E-state index contributed by atoms with van der Waals surface area (Å²) in [6.07, 6.45) is 5.02. The molecule has 0 fully saturated rings. The first kappa shape index (κ1) is 17.9. The molecule has 0 aliphatic rings. The molecule has 0 aromatic carbocycles. The van der Waals surface area contributed by atoms with Gasteiger partial charge in [-0.3, -0.25) is 9.36 Å². The average molecular weight is 399 g/mol. The Morgan fingerprint density at radius 1 is 1.17 bits per heavy atom. The normalized spacial score (nSPS) is 10.8. The Hall–Kier alpha value is -1.41. The molecule has 6 nitrogen and oxygen atoms in total. The predicted molar refractivity (Wildman–Crippen MR) is 99.4 cm³/mol. The smallest absolute Gasteiger partial charge is 0.166 e. The van der Waals surface area contributed by atoms with Gasteiger partial charge in [0.25, 0.3) is 0 Å². The van der Waals surface area contributed by atoms with Gasteiger partial charge in [-0.05, 0) is 55.3 Å². The average Bonchev–Trinajstić information content (AvgIpc) is 3.04. The van der Waals surface area contributed by atoms with Crippen LogP contribution >= 0.6 is 28.1 Å². The summed E-state index contributed by atoms with van der Waals surface area (Å²) in [5.74, 6) is 0. The third kappa shape index (κ3) is 5.31. The molecule has 0 radical (unpaired) electrons. The Labute approximate surface area is 150 Å². The lowest BCUT2D eigenvalue weighted by Gasteiger charge is -2.10.